The van der Waals surface area contributed by atoms with E-state index in [4.69, 9.17) is 15.6 Å². The number of H-pyrrole nitrogens is 2. The average molecular weight is 669 g/mol. The molecule has 0 aliphatic carbocycles. The fourth-order valence-electron chi connectivity index (χ4n) is 5.22. The van der Waals surface area contributed by atoms with Crippen LogP contribution < -0.4 is 15.8 Å². The van der Waals surface area contributed by atoms with Gasteiger partial charge in [-0.25, -0.2) is 9.97 Å². The van der Waals surface area contributed by atoms with Crippen LogP contribution in [0.5, 0.6) is 5.88 Å². The zero-order valence-electron chi connectivity index (χ0n) is 27.1. The molecule has 4 atom stereocenters. The summed E-state index contributed by atoms with van der Waals surface area (Å²) >= 11 is 0. The van der Waals surface area contributed by atoms with E-state index in [2.05, 4.69) is 56.5 Å². The maximum Gasteiger partial charge on any atom is 0.307 e. The number of aliphatic hydroxyl groups is 1. The fourth-order valence-corrected chi connectivity index (χ4v) is 5.22. The molecule has 4 aromatic rings. The second-order valence-corrected chi connectivity index (χ2v) is 11.0. The number of pyridine rings is 2. The van der Waals surface area contributed by atoms with Gasteiger partial charge in [-0.3, -0.25) is 9.59 Å². The number of tetrazole rings is 2. The summed E-state index contributed by atoms with van der Waals surface area (Å²) in [5.74, 6) is -1.68. The summed E-state index contributed by atoms with van der Waals surface area (Å²) in [6.45, 7) is 5.17. The quantitative estimate of drug-likeness (QED) is 0.0704. The largest absolute Gasteiger partial charge is 0.481 e. The molecule has 0 saturated carbocycles. The molecule has 0 radical (unpaired) electrons. The Bertz CT molecular complexity index is 1350. The van der Waals surface area contributed by atoms with Gasteiger partial charge in [0, 0.05) is 43.4 Å². The molecule has 4 heterocycles. The van der Waals surface area contributed by atoms with Crippen molar-refractivity contribution in [2.45, 2.75) is 64.2 Å². The molecule has 0 spiro atoms. The molecule has 0 amide bonds. The maximum absolute atomic E-state index is 11.7. The van der Waals surface area contributed by atoms with Gasteiger partial charge < -0.3 is 31.1 Å². The summed E-state index contributed by atoms with van der Waals surface area (Å²) < 4.78 is 5.34. The molecule has 0 aromatic carbocycles. The van der Waals surface area contributed by atoms with Crippen LogP contribution in [-0.2, 0) is 22.4 Å². The number of hydrogen-bond donors (Lipinski definition) is 7. The molecule has 0 saturated heterocycles. The Kier molecular flexibility index (Phi) is 15.7. The topological polar surface area (TPSA) is 277 Å². The number of nitrogens with zero attached hydrogens (tertiary/aromatic N) is 8. The summed E-state index contributed by atoms with van der Waals surface area (Å²) in [6, 6.07) is 7.28. The number of carboxylic acid groups (broad SMARTS) is 2. The number of carboxylic acids is 2. The number of aliphatic carboxylic acids is 2. The molecule has 0 bridgehead atoms. The van der Waals surface area contributed by atoms with Crippen molar-refractivity contribution >= 4 is 17.8 Å². The summed E-state index contributed by atoms with van der Waals surface area (Å²) in [5.41, 5.74) is 7.16. The summed E-state index contributed by atoms with van der Waals surface area (Å²) in [5, 5.41) is 58.7. The first-order valence-corrected chi connectivity index (χ1v) is 15.8. The molecule has 2 unspecified atom stereocenters. The highest BCUT2D eigenvalue weighted by atomic mass is 16.5. The van der Waals surface area contributed by atoms with Crippen LogP contribution in [-0.4, -0.2) is 105 Å². The third-order valence-corrected chi connectivity index (χ3v) is 7.51. The Morgan fingerprint density at radius 1 is 0.854 bits per heavy atom. The zero-order chi connectivity index (χ0) is 34.7. The number of aromatic amines is 2. The number of aliphatic hydroxyl groups excluding tert-OH is 1. The number of aromatic nitrogens is 10. The third-order valence-electron chi connectivity index (χ3n) is 7.51. The van der Waals surface area contributed by atoms with Crippen molar-refractivity contribution in [3.05, 3.63) is 59.4 Å². The van der Waals surface area contributed by atoms with E-state index in [0.29, 0.717) is 68.7 Å². The first-order valence-electron chi connectivity index (χ1n) is 15.8. The van der Waals surface area contributed by atoms with E-state index in [9.17, 15) is 19.8 Å². The van der Waals surface area contributed by atoms with Gasteiger partial charge in [0.05, 0.1) is 18.4 Å². The molecule has 0 aliphatic rings. The van der Waals surface area contributed by atoms with Crippen LogP contribution in [0.15, 0.2) is 36.7 Å². The number of nitrogens with one attached hydrogen (secondary N) is 3. The van der Waals surface area contributed by atoms with Crippen LogP contribution in [0.2, 0.25) is 0 Å². The average Bonchev–Trinajstić information content (AvgIpc) is 3.83. The van der Waals surface area contributed by atoms with Crippen molar-refractivity contribution in [1.29, 1.82) is 0 Å². The number of rotatable bonds is 20. The molecular weight excluding hydrogens is 624 g/mol. The van der Waals surface area contributed by atoms with E-state index in [0.717, 1.165) is 24.0 Å². The van der Waals surface area contributed by atoms with Crippen LogP contribution >= 0.6 is 0 Å². The normalized spacial score (nSPS) is 13.4. The van der Waals surface area contributed by atoms with Gasteiger partial charge in [0.25, 0.3) is 0 Å². The van der Waals surface area contributed by atoms with E-state index in [-0.39, 0.29) is 18.4 Å². The molecule has 18 nitrogen and oxygen atoms in total. The van der Waals surface area contributed by atoms with Gasteiger partial charge >= 0.3 is 11.9 Å². The molecule has 48 heavy (non-hydrogen) atoms. The number of anilines is 1. The Balaban J connectivity index is 0.000000260. The monoisotopic (exact) mass is 668 g/mol. The van der Waals surface area contributed by atoms with Crippen LogP contribution in [0.25, 0.3) is 0 Å². The minimum Gasteiger partial charge on any atom is -0.481 e. The minimum atomic E-state index is -0.860. The predicted octanol–water partition coefficient (Wildman–Crippen LogP) is 1.59. The van der Waals surface area contributed by atoms with E-state index in [1.807, 2.05) is 26.0 Å². The zero-order valence-corrected chi connectivity index (χ0v) is 27.1. The molecule has 260 valence electrons. The third kappa shape index (κ3) is 11.6. The Morgan fingerprint density at radius 3 is 1.77 bits per heavy atom. The molecule has 0 fully saturated rings. The minimum absolute atomic E-state index is 0.0284. The number of carbonyl (C=O) groups is 2. The highest BCUT2D eigenvalue weighted by Crippen LogP contribution is 2.31. The van der Waals surface area contributed by atoms with E-state index >= 15 is 0 Å². The van der Waals surface area contributed by atoms with E-state index in [1.165, 1.54) is 0 Å². The highest BCUT2D eigenvalue weighted by molar-refractivity contribution is 5.71. The number of nitrogens with two attached hydrogens (primary N) is 1. The van der Waals surface area contributed by atoms with Crippen molar-refractivity contribution in [2.75, 3.05) is 31.6 Å². The summed E-state index contributed by atoms with van der Waals surface area (Å²) in [4.78, 5) is 31.8. The smallest absolute Gasteiger partial charge is 0.307 e. The Hall–Kier alpha value is -5.10. The molecule has 8 N–H and O–H groups in total. The van der Waals surface area contributed by atoms with Gasteiger partial charge in [-0.1, -0.05) is 49.2 Å². The lowest BCUT2D eigenvalue weighted by Gasteiger charge is -2.21. The van der Waals surface area contributed by atoms with Gasteiger partial charge in [0.1, 0.15) is 12.4 Å². The lowest BCUT2D eigenvalue weighted by Crippen LogP contribution is -2.25. The first kappa shape index (κ1) is 37.4. The van der Waals surface area contributed by atoms with E-state index < -0.39 is 23.8 Å². The lowest BCUT2D eigenvalue weighted by atomic mass is 9.83. The molecule has 18 heteroatoms. The van der Waals surface area contributed by atoms with Gasteiger partial charge in [-0.2, -0.15) is 10.4 Å². The molecular formula is C30H44N12O6. The molecule has 0 aliphatic heterocycles. The predicted molar refractivity (Wildman–Crippen MR) is 172 cm³/mol. The van der Waals surface area contributed by atoms with Gasteiger partial charge in [-0.15, -0.1) is 20.4 Å². The van der Waals surface area contributed by atoms with Gasteiger partial charge in [0.2, 0.25) is 5.88 Å². The second kappa shape index (κ2) is 20.2. The van der Waals surface area contributed by atoms with Crippen LogP contribution in [0.3, 0.4) is 0 Å². The van der Waals surface area contributed by atoms with Crippen molar-refractivity contribution in [2.24, 2.45) is 17.6 Å². The Morgan fingerprint density at radius 2 is 1.40 bits per heavy atom. The number of ether oxygens (including phenoxy) is 1. The SMILES string of the molecule is CCC[C@H](C(=O)O)C(Cc1ccc(NCCO)nc1)c1nn[nH]n1.CCC[C@H](C(=O)O)C(Cc1ccc(OCCN)nc1)c1nn[nH]n1. The molecule has 4 rings (SSSR count). The highest BCUT2D eigenvalue weighted by Gasteiger charge is 2.33. The standard InChI is InChI=1S/2C15H22N6O3/c1-2-3-11(15(22)23)12(14-18-20-21-19-14)8-10-4-5-13(17-9-10)24-7-6-16;1-2-3-11(15(23)24)12(14-18-20-21-19-14)8-10-4-5-13(17-9-10)16-6-7-22/h4-5,9,11-12H,2-3,6-8,16H2,1H3,(H,22,23)(H,18,19,20,21);4-5,9,11-12,22H,2-3,6-8H2,1H3,(H,16,17)(H,23,24)(H,18,19,20,21)/t2*11-,12?/m00/s1. The lowest BCUT2D eigenvalue weighted by molar-refractivity contribution is -0.144. The molecule has 4 aromatic heterocycles. The van der Waals surface area contributed by atoms with E-state index in [1.54, 1.807) is 24.5 Å². The first-order chi connectivity index (χ1) is 23.3. The van der Waals surface area contributed by atoms with Crippen molar-refractivity contribution < 1.29 is 29.6 Å². The second-order valence-electron chi connectivity index (χ2n) is 11.0. The Labute approximate surface area is 277 Å². The van der Waals surface area contributed by atoms with Crippen molar-refractivity contribution in [1.82, 2.24) is 51.2 Å². The summed E-state index contributed by atoms with van der Waals surface area (Å²) in [6.07, 6.45) is 6.88. The van der Waals surface area contributed by atoms with Crippen LogP contribution in [0.4, 0.5) is 5.82 Å². The van der Waals surface area contributed by atoms with Crippen LogP contribution in [0.1, 0.15) is 74.1 Å². The summed E-state index contributed by atoms with van der Waals surface area (Å²) in [7, 11) is 0. The van der Waals surface area contributed by atoms with Gasteiger partial charge in [-0.05, 0) is 42.9 Å². The number of hydrogen-bond acceptors (Lipinski definition) is 14. The van der Waals surface area contributed by atoms with Crippen molar-refractivity contribution in [3.63, 3.8) is 0 Å². The maximum atomic E-state index is 11.7. The van der Waals surface area contributed by atoms with Crippen molar-refractivity contribution in [3.8, 4) is 5.88 Å². The van der Waals surface area contributed by atoms with Crippen LogP contribution in [0, 0.1) is 11.8 Å². The van der Waals surface area contributed by atoms with Gasteiger partial charge in [0.15, 0.2) is 11.6 Å². The fraction of sp³-hybridized carbons (Fsp3) is 0.533.